The molecule has 0 saturated heterocycles. The number of nitrogens with zero attached hydrogens (tertiary/aromatic N) is 4. The highest BCUT2D eigenvalue weighted by Gasteiger charge is 2.34. The molecule has 2 N–H and O–H groups in total. The molecule has 3 heterocycles. The Bertz CT molecular complexity index is 1310. The van der Waals surface area contributed by atoms with Crippen LogP contribution in [-0.4, -0.2) is 25.7 Å². The second-order valence-electron chi connectivity index (χ2n) is 7.75. The van der Waals surface area contributed by atoms with Crippen molar-refractivity contribution in [2.24, 2.45) is 0 Å². The molecule has 1 amide bonds. The van der Waals surface area contributed by atoms with Crippen molar-refractivity contribution in [3.05, 3.63) is 102 Å². The molecule has 0 saturated carbocycles. The summed E-state index contributed by atoms with van der Waals surface area (Å²) in [7, 11) is 0. The molecule has 2 aromatic heterocycles. The third kappa shape index (κ3) is 3.65. The van der Waals surface area contributed by atoms with Crippen LogP contribution in [0.5, 0.6) is 0 Å². The lowest BCUT2D eigenvalue weighted by Gasteiger charge is -2.28. The van der Waals surface area contributed by atoms with E-state index in [4.69, 9.17) is 10.1 Å². The normalized spacial score (nSPS) is 15.1. The molecule has 0 aliphatic carbocycles. The zero-order valence-electron chi connectivity index (χ0n) is 17.8. The van der Waals surface area contributed by atoms with Gasteiger partial charge in [-0.3, -0.25) is 9.78 Å². The fourth-order valence-electron chi connectivity index (χ4n) is 3.93. The third-order valence-electron chi connectivity index (χ3n) is 5.41. The molecule has 7 heteroatoms. The fraction of sp³-hybridized carbons (Fsp3) is 0.120. The molecule has 5 rings (SSSR count). The summed E-state index contributed by atoms with van der Waals surface area (Å²) >= 11 is 0. The van der Waals surface area contributed by atoms with Crippen LogP contribution in [0.3, 0.4) is 0 Å². The van der Waals surface area contributed by atoms with Crippen LogP contribution in [0, 0.1) is 6.92 Å². The fourth-order valence-corrected chi connectivity index (χ4v) is 3.93. The third-order valence-corrected chi connectivity index (χ3v) is 5.41. The summed E-state index contributed by atoms with van der Waals surface area (Å²) < 4.78 is 1.79. The topological polar surface area (TPSA) is 84.7 Å². The lowest BCUT2D eigenvalue weighted by molar-refractivity contribution is -0.113. The van der Waals surface area contributed by atoms with E-state index in [1.807, 2.05) is 68.4 Å². The molecule has 7 nitrogen and oxygen atoms in total. The number of hydrogen-bond acceptors (Lipinski definition) is 5. The van der Waals surface area contributed by atoms with E-state index in [0.717, 1.165) is 22.4 Å². The number of aromatic nitrogens is 4. The summed E-state index contributed by atoms with van der Waals surface area (Å²) in [6, 6.07) is 21.1. The second-order valence-corrected chi connectivity index (χ2v) is 7.75. The van der Waals surface area contributed by atoms with Crippen molar-refractivity contribution in [1.82, 2.24) is 19.7 Å². The maximum atomic E-state index is 13.4. The zero-order chi connectivity index (χ0) is 22.1. The van der Waals surface area contributed by atoms with E-state index in [2.05, 4.69) is 21.7 Å². The van der Waals surface area contributed by atoms with Gasteiger partial charge in [-0.15, -0.1) is 5.10 Å². The quantitative estimate of drug-likeness (QED) is 0.503. The van der Waals surface area contributed by atoms with E-state index in [1.165, 1.54) is 0 Å². The Balaban J connectivity index is 1.60. The van der Waals surface area contributed by atoms with Crippen LogP contribution in [0.25, 0.3) is 11.4 Å². The van der Waals surface area contributed by atoms with Gasteiger partial charge in [0.25, 0.3) is 5.91 Å². The minimum Gasteiger partial charge on any atom is -0.328 e. The molecule has 0 fully saturated rings. The molecule has 158 valence electrons. The summed E-state index contributed by atoms with van der Waals surface area (Å²) in [4.78, 5) is 22.2. The highest BCUT2D eigenvalue weighted by Crippen LogP contribution is 2.36. The van der Waals surface area contributed by atoms with Crippen LogP contribution in [0.4, 0.5) is 11.6 Å². The minimum absolute atomic E-state index is 0.213. The molecule has 0 bridgehead atoms. The monoisotopic (exact) mass is 422 g/mol. The standard InChI is InChI=1S/C25H22N6O/c1-16-8-6-11-19(14-16)23-29-25-27-17(2)21(24(32)28-20-12-7-13-26-15-20)22(31(25)30-23)18-9-4-3-5-10-18/h3-15,22H,1-2H3,(H,28,32)(H,27,29,30)/t22-/m1/s1. The maximum absolute atomic E-state index is 13.4. The Kier molecular flexibility index (Phi) is 4.99. The Morgan fingerprint density at radius 3 is 2.62 bits per heavy atom. The smallest absolute Gasteiger partial charge is 0.255 e. The van der Waals surface area contributed by atoms with Crippen LogP contribution >= 0.6 is 0 Å². The molecular formula is C25H22N6O. The number of hydrogen-bond donors (Lipinski definition) is 2. The Labute approximate surface area is 185 Å². The first-order valence-corrected chi connectivity index (χ1v) is 10.4. The van der Waals surface area contributed by atoms with Gasteiger partial charge in [-0.1, -0.05) is 54.1 Å². The highest BCUT2D eigenvalue weighted by molar-refractivity contribution is 6.05. The number of nitrogens with one attached hydrogen (secondary N) is 2. The molecule has 1 aliphatic rings. The summed E-state index contributed by atoms with van der Waals surface area (Å²) in [5, 5.41) is 11.0. The van der Waals surface area contributed by atoms with Crippen molar-refractivity contribution in [1.29, 1.82) is 0 Å². The molecule has 4 aromatic rings. The van der Waals surface area contributed by atoms with E-state index in [9.17, 15) is 4.79 Å². The molecule has 0 radical (unpaired) electrons. The number of amides is 1. The summed E-state index contributed by atoms with van der Waals surface area (Å²) in [6.07, 6.45) is 3.29. The first-order chi connectivity index (χ1) is 15.6. The predicted octanol–water partition coefficient (Wildman–Crippen LogP) is 4.58. The Hall–Kier alpha value is -4.26. The van der Waals surface area contributed by atoms with Gasteiger partial charge in [0.2, 0.25) is 5.95 Å². The number of carbonyl (C=O) groups is 1. The van der Waals surface area contributed by atoms with Gasteiger partial charge in [0.15, 0.2) is 5.82 Å². The van der Waals surface area contributed by atoms with Gasteiger partial charge < -0.3 is 10.6 Å². The predicted molar refractivity (Wildman–Crippen MR) is 124 cm³/mol. The number of aryl methyl sites for hydroxylation is 1. The number of pyridine rings is 1. The van der Waals surface area contributed by atoms with E-state index in [-0.39, 0.29) is 5.91 Å². The number of benzene rings is 2. The Morgan fingerprint density at radius 1 is 1.03 bits per heavy atom. The highest BCUT2D eigenvalue weighted by atomic mass is 16.1. The van der Waals surface area contributed by atoms with Gasteiger partial charge in [-0.2, -0.15) is 4.98 Å². The van der Waals surface area contributed by atoms with Gasteiger partial charge in [-0.05, 0) is 37.6 Å². The van der Waals surface area contributed by atoms with Crippen molar-refractivity contribution >= 4 is 17.5 Å². The lowest BCUT2D eigenvalue weighted by Crippen LogP contribution is -2.31. The first kappa shape index (κ1) is 19.7. The average molecular weight is 422 g/mol. The van der Waals surface area contributed by atoms with Crippen LogP contribution < -0.4 is 10.6 Å². The van der Waals surface area contributed by atoms with Gasteiger partial charge >= 0.3 is 0 Å². The number of rotatable bonds is 4. The largest absolute Gasteiger partial charge is 0.328 e. The first-order valence-electron chi connectivity index (χ1n) is 10.4. The second kappa shape index (κ2) is 8.11. The van der Waals surface area contributed by atoms with E-state index < -0.39 is 6.04 Å². The minimum atomic E-state index is -0.421. The van der Waals surface area contributed by atoms with E-state index >= 15 is 0 Å². The van der Waals surface area contributed by atoms with Crippen LogP contribution in [-0.2, 0) is 4.79 Å². The molecule has 1 atom stereocenters. The van der Waals surface area contributed by atoms with Crippen LogP contribution in [0.1, 0.15) is 24.1 Å². The maximum Gasteiger partial charge on any atom is 0.255 e. The average Bonchev–Trinajstić information content (AvgIpc) is 3.23. The van der Waals surface area contributed by atoms with Crippen molar-refractivity contribution in [2.45, 2.75) is 19.9 Å². The van der Waals surface area contributed by atoms with Crippen molar-refractivity contribution in [3.63, 3.8) is 0 Å². The van der Waals surface area contributed by atoms with E-state index in [0.29, 0.717) is 23.0 Å². The number of fused-ring (bicyclic) bond motifs is 1. The molecule has 0 unspecified atom stereocenters. The molecule has 1 aliphatic heterocycles. The van der Waals surface area contributed by atoms with Crippen LogP contribution in [0.2, 0.25) is 0 Å². The summed E-state index contributed by atoms with van der Waals surface area (Å²) in [5.41, 5.74) is 4.96. The molecular weight excluding hydrogens is 400 g/mol. The number of anilines is 2. The van der Waals surface area contributed by atoms with Crippen LogP contribution in [0.15, 0.2) is 90.4 Å². The van der Waals surface area contributed by atoms with Crippen molar-refractivity contribution in [2.75, 3.05) is 10.6 Å². The van der Waals surface area contributed by atoms with Gasteiger partial charge in [-0.25, -0.2) is 4.68 Å². The summed E-state index contributed by atoms with van der Waals surface area (Å²) in [5.74, 6) is 1.000. The molecule has 2 aromatic carbocycles. The molecule has 0 spiro atoms. The number of allylic oxidation sites excluding steroid dienone is 1. The van der Waals surface area contributed by atoms with Gasteiger partial charge in [0.05, 0.1) is 17.5 Å². The SMILES string of the molecule is CC1=C(C(=O)Nc2cccnc2)[C@@H](c2ccccc2)n2nc(-c3cccc(C)c3)nc2N1. The molecule has 32 heavy (non-hydrogen) atoms. The lowest BCUT2D eigenvalue weighted by atomic mass is 9.95. The van der Waals surface area contributed by atoms with Gasteiger partial charge in [0, 0.05) is 17.5 Å². The number of carbonyl (C=O) groups excluding carboxylic acids is 1. The zero-order valence-corrected chi connectivity index (χ0v) is 17.8. The van der Waals surface area contributed by atoms with E-state index in [1.54, 1.807) is 23.1 Å². The van der Waals surface area contributed by atoms with Gasteiger partial charge in [0.1, 0.15) is 6.04 Å². The van der Waals surface area contributed by atoms with Crippen molar-refractivity contribution in [3.8, 4) is 11.4 Å². The Morgan fingerprint density at radius 2 is 1.88 bits per heavy atom. The van der Waals surface area contributed by atoms with Crippen molar-refractivity contribution < 1.29 is 4.79 Å². The summed E-state index contributed by atoms with van der Waals surface area (Å²) in [6.45, 7) is 3.93.